The highest BCUT2D eigenvalue weighted by molar-refractivity contribution is 5.88. The molecule has 0 aromatic carbocycles. The number of aromatic nitrogens is 2. The number of urea groups is 1. The molecule has 2 heterocycles. The summed E-state index contributed by atoms with van der Waals surface area (Å²) < 4.78 is 68.8. The number of nitrogens with zero attached hydrogens (tertiary/aromatic N) is 3. The number of carbonyl (C=O) groups is 1. The van der Waals surface area contributed by atoms with Crippen molar-refractivity contribution < 1.29 is 31.5 Å². The van der Waals surface area contributed by atoms with Crippen molar-refractivity contribution in [2.45, 2.75) is 25.1 Å². The summed E-state index contributed by atoms with van der Waals surface area (Å²) in [6, 6.07) is 0.483. The van der Waals surface area contributed by atoms with E-state index in [1.54, 1.807) is 0 Å². The minimum atomic E-state index is -4.31. The number of aryl methyl sites for hydroxylation is 1. The topological polar surface area (TPSA) is 59.4 Å². The number of hydrogen-bond acceptors (Lipinski definition) is 3. The summed E-state index contributed by atoms with van der Waals surface area (Å²) in [6.07, 6.45) is -4.10. The first-order chi connectivity index (χ1) is 10.6. The number of carbonyl (C=O) groups excluding carboxylic acids is 1. The van der Waals surface area contributed by atoms with Gasteiger partial charge in [0.2, 0.25) is 0 Å². The summed E-state index contributed by atoms with van der Waals surface area (Å²) in [5, 5.41) is 6.03. The molecular formula is C12H15F5N4O2. The second-order valence-corrected chi connectivity index (χ2v) is 5.09. The van der Waals surface area contributed by atoms with Gasteiger partial charge in [0, 0.05) is 25.4 Å². The Morgan fingerprint density at radius 1 is 1.43 bits per heavy atom. The SMILES string of the molecule is O=C(Nc1ccn(CCC(F)(F)F)n1)N1CCOCC(F)(F)C1. The Balaban J connectivity index is 1.91. The van der Waals surface area contributed by atoms with Crippen LogP contribution >= 0.6 is 0 Å². The lowest BCUT2D eigenvalue weighted by Gasteiger charge is -2.22. The van der Waals surface area contributed by atoms with Crippen molar-refractivity contribution in [3.63, 3.8) is 0 Å². The van der Waals surface area contributed by atoms with Gasteiger partial charge in [-0.25, -0.2) is 13.6 Å². The Bertz CT molecular complexity index is 546. The zero-order valence-corrected chi connectivity index (χ0v) is 11.9. The second-order valence-electron chi connectivity index (χ2n) is 5.09. The molecule has 1 aromatic rings. The quantitative estimate of drug-likeness (QED) is 0.858. The molecule has 6 nitrogen and oxygen atoms in total. The Hall–Kier alpha value is -1.91. The van der Waals surface area contributed by atoms with Gasteiger partial charge in [-0.05, 0) is 0 Å². The van der Waals surface area contributed by atoms with E-state index in [9.17, 15) is 26.7 Å². The van der Waals surface area contributed by atoms with Gasteiger partial charge in [0.05, 0.1) is 19.6 Å². The van der Waals surface area contributed by atoms with Crippen LogP contribution in [0.4, 0.5) is 32.6 Å². The third-order valence-electron chi connectivity index (χ3n) is 3.03. The summed E-state index contributed by atoms with van der Waals surface area (Å²) >= 11 is 0. The van der Waals surface area contributed by atoms with E-state index < -0.39 is 44.2 Å². The van der Waals surface area contributed by atoms with Gasteiger partial charge in [0.15, 0.2) is 5.82 Å². The molecule has 130 valence electrons. The number of nitrogens with one attached hydrogen (secondary N) is 1. The molecule has 0 spiro atoms. The van der Waals surface area contributed by atoms with Crippen molar-refractivity contribution in [2.24, 2.45) is 0 Å². The lowest BCUT2D eigenvalue weighted by atomic mass is 10.3. The molecule has 1 aromatic heterocycles. The van der Waals surface area contributed by atoms with E-state index >= 15 is 0 Å². The Kier molecular flexibility index (Phi) is 5.07. The Morgan fingerprint density at radius 2 is 2.17 bits per heavy atom. The van der Waals surface area contributed by atoms with E-state index in [2.05, 4.69) is 10.4 Å². The monoisotopic (exact) mass is 342 g/mol. The standard InChI is InChI=1S/C12H15F5N4O2/c13-11(14)7-20(5-6-23-8-11)10(22)18-9-1-3-21(19-9)4-2-12(15,16)17/h1,3H,2,4-8H2,(H,18,19,22). The molecule has 1 fully saturated rings. The molecule has 0 radical (unpaired) electrons. The van der Waals surface area contributed by atoms with Crippen LogP contribution in [-0.2, 0) is 11.3 Å². The van der Waals surface area contributed by atoms with Gasteiger partial charge in [0.25, 0.3) is 5.92 Å². The predicted molar refractivity (Wildman–Crippen MR) is 69.3 cm³/mol. The number of amides is 2. The second kappa shape index (κ2) is 6.69. The van der Waals surface area contributed by atoms with E-state index in [1.165, 1.54) is 12.3 Å². The average molecular weight is 342 g/mol. The highest BCUT2D eigenvalue weighted by atomic mass is 19.4. The summed E-state index contributed by atoms with van der Waals surface area (Å²) in [7, 11) is 0. The number of halogens is 5. The van der Waals surface area contributed by atoms with Crippen molar-refractivity contribution in [1.82, 2.24) is 14.7 Å². The first kappa shape index (κ1) is 17.4. The fraction of sp³-hybridized carbons (Fsp3) is 0.667. The van der Waals surface area contributed by atoms with E-state index in [4.69, 9.17) is 4.74 Å². The number of ether oxygens (including phenoxy) is 1. The average Bonchev–Trinajstić information content (AvgIpc) is 2.78. The lowest BCUT2D eigenvalue weighted by molar-refractivity contribution is -0.137. The molecule has 11 heteroatoms. The predicted octanol–water partition coefficient (Wildman–Crippen LogP) is 2.33. The number of hydrogen-bond donors (Lipinski definition) is 1. The van der Waals surface area contributed by atoms with Crippen molar-refractivity contribution in [3.05, 3.63) is 12.3 Å². The highest BCUT2D eigenvalue weighted by Crippen LogP contribution is 2.21. The van der Waals surface area contributed by atoms with Crippen LogP contribution in [0, 0.1) is 0 Å². The number of anilines is 1. The molecule has 2 amide bonds. The minimum absolute atomic E-state index is 0.00865. The first-order valence-corrected chi connectivity index (χ1v) is 6.76. The minimum Gasteiger partial charge on any atom is -0.373 e. The molecule has 0 bridgehead atoms. The van der Waals surface area contributed by atoms with Crippen molar-refractivity contribution in [1.29, 1.82) is 0 Å². The molecule has 0 atom stereocenters. The van der Waals surface area contributed by atoms with Gasteiger partial charge < -0.3 is 9.64 Å². The molecule has 0 aliphatic carbocycles. The normalized spacial score (nSPS) is 18.6. The van der Waals surface area contributed by atoms with Crippen LogP contribution in [0.1, 0.15) is 6.42 Å². The molecule has 1 aliphatic heterocycles. The maximum atomic E-state index is 13.4. The highest BCUT2D eigenvalue weighted by Gasteiger charge is 2.36. The van der Waals surface area contributed by atoms with Gasteiger partial charge >= 0.3 is 12.2 Å². The van der Waals surface area contributed by atoms with Crippen molar-refractivity contribution in [3.8, 4) is 0 Å². The Morgan fingerprint density at radius 3 is 2.87 bits per heavy atom. The molecule has 0 saturated carbocycles. The van der Waals surface area contributed by atoms with Crippen LogP contribution in [0.5, 0.6) is 0 Å². The van der Waals surface area contributed by atoms with E-state index in [1.807, 2.05) is 0 Å². The van der Waals surface area contributed by atoms with Gasteiger partial charge in [-0.1, -0.05) is 0 Å². The molecule has 1 aliphatic rings. The summed E-state index contributed by atoms with van der Waals surface area (Å²) in [5.74, 6) is -3.16. The molecule has 23 heavy (non-hydrogen) atoms. The van der Waals surface area contributed by atoms with Crippen LogP contribution in [-0.4, -0.2) is 59.1 Å². The van der Waals surface area contributed by atoms with Gasteiger partial charge in [-0.3, -0.25) is 10.00 Å². The first-order valence-electron chi connectivity index (χ1n) is 6.76. The summed E-state index contributed by atoms with van der Waals surface area (Å²) in [4.78, 5) is 12.8. The van der Waals surface area contributed by atoms with Crippen LogP contribution in [0.15, 0.2) is 12.3 Å². The molecule has 0 unspecified atom stereocenters. The van der Waals surface area contributed by atoms with Gasteiger partial charge in [0.1, 0.15) is 6.61 Å². The fourth-order valence-corrected chi connectivity index (χ4v) is 1.96. The van der Waals surface area contributed by atoms with Crippen molar-refractivity contribution >= 4 is 11.8 Å². The van der Waals surface area contributed by atoms with Crippen molar-refractivity contribution in [2.75, 3.05) is 31.6 Å². The maximum absolute atomic E-state index is 13.4. The zero-order valence-electron chi connectivity index (χ0n) is 11.9. The van der Waals surface area contributed by atoms with E-state index in [0.29, 0.717) is 0 Å². The van der Waals surface area contributed by atoms with Gasteiger partial charge in [-0.15, -0.1) is 0 Å². The summed E-state index contributed by atoms with van der Waals surface area (Å²) in [5.41, 5.74) is 0. The van der Waals surface area contributed by atoms with Gasteiger partial charge in [-0.2, -0.15) is 18.3 Å². The molecule has 1 N–H and O–H groups in total. The number of rotatable bonds is 3. The third kappa shape index (κ3) is 5.66. The zero-order chi connectivity index (χ0) is 17.1. The maximum Gasteiger partial charge on any atom is 0.390 e. The Labute approximate surface area is 128 Å². The molecule has 1 saturated heterocycles. The smallest absolute Gasteiger partial charge is 0.373 e. The largest absolute Gasteiger partial charge is 0.390 e. The third-order valence-corrected chi connectivity index (χ3v) is 3.03. The molecule has 2 rings (SSSR count). The van der Waals surface area contributed by atoms with E-state index in [0.717, 1.165) is 9.58 Å². The lowest BCUT2D eigenvalue weighted by Crippen LogP contribution is -2.43. The van der Waals surface area contributed by atoms with E-state index in [-0.39, 0.29) is 19.0 Å². The summed E-state index contributed by atoms with van der Waals surface area (Å²) in [6.45, 7) is -2.00. The molecular weight excluding hydrogens is 327 g/mol. The van der Waals surface area contributed by atoms with Crippen LogP contribution in [0.2, 0.25) is 0 Å². The number of alkyl halides is 5. The fourth-order valence-electron chi connectivity index (χ4n) is 1.96. The van der Waals surface area contributed by atoms with Crippen LogP contribution < -0.4 is 5.32 Å². The van der Waals surface area contributed by atoms with Crippen LogP contribution in [0.3, 0.4) is 0 Å². The van der Waals surface area contributed by atoms with Crippen LogP contribution in [0.25, 0.3) is 0 Å².